The molecule has 0 unspecified atom stereocenters. The summed E-state index contributed by atoms with van der Waals surface area (Å²) in [6, 6.07) is 9.64. The van der Waals surface area contributed by atoms with E-state index >= 15 is 0 Å². The molecule has 0 saturated heterocycles. The van der Waals surface area contributed by atoms with E-state index in [-0.39, 0.29) is 0 Å². The minimum atomic E-state index is -0.542. The molecule has 0 aromatic heterocycles. The zero-order valence-corrected chi connectivity index (χ0v) is 9.84. The van der Waals surface area contributed by atoms with Crippen molar-refractivity contribution in [2.75, 3.05) is 6.54 Å². The maximum atomic E-state index is 13.8. The summed E-state index contributed by atoms with van der Waals surface area (Å²) in [5, 5.41) is 3.29. The van der Waals surface area contributed by atoms with Gasteiger partial charge in [0.2, 0.25) is 0 Å². The SMILES string of the molecule is Fc1ccc(-c2cccc3c2CNCC3)c(F)c1. The van der Waals surface area contributed by atoms with Crippen LogP contribution in [0.2, 0.25) is 0 Å². The third-order valence-electron chi connectivity index (χ3n) is 3.37. The summed E-state index contributed by atoms with van der Waals surface area (Å²) in [4.78, 5) is 0. The fourth-order valence-electron chi connectivity index (χ4n) is 2.47. The summed E-state index contributed by atoms with van der Waals surface area (Å²) in [5.74, 6) is -1.05. The Morgan fingerprint density at radius 2 is 1.89 bits per heavy atom. The lowest BCUT2D eigenvalue weighted by Crippen LogP contribution is -2.24. The minimum absolute atomic E-state index is 0.469. The Hall–Kier alpha value is -1.74. The zero-order chi connectivity index (χ0) is 12.5. The highest BCUT2D eigenvalue weighted by Gasteiger charge is 2.15. The van der Waals surface area contributed by atoms with Crippen LogP contribution in [0, 0.1) is 11.6 Å². The zero-order valence-electron chi connectivity index (χ0n) is 9.84. The highest BCUT2D eigenvalue weighted by atomic mass is 19.1. The number of fused-ring (bicyclic) bond motifs is 1. The van der Waals surface area contributed by atoms with Crippen molar-refractivity contribution in [3.63, 3.8) is 0 Å². The summed E-state index contributed by atoms with van der Waals surface area (Å²) >= 11 is 0. The van der Waals surface area contributed by atoms with Gasteiger partial charge in [-0.25, -0.2) is 8.78 Å². The molecule has 0 amide bonds. The molecule has 1 nitrogen and oxygen atoms in total. The van der Waals surface area contributed by atoms with Crippen LogP contribution in [0.15, 0.2) is 36.4 Å². The highest BCUT2D eigenvalue weighted by Crippen LogP contribution is 2.30. The molecule has 1 aliphatic rings. The Morgan fingerprint density at radius 1 is 1.00 bits per heavy atom. The first kappa shape index (κ1) is 11.4. The van der Waals surface area contributed by atoms with Crippen molar-refractivity contribution >= 4 is 0 Å². The molecule has 1 N–H and O–H groups in total. The maximum Gasteiger partial charge on any atom is 0.133 e. The third-order valence-corrected chi connectivity index (χ3v) is 3.37. The van der Waals surface area contributed by atoms with Gasteiger partial charge in [0.1, 0.15) is 11.6 Å². The van der Waals surface area contributed by atoms with Crippen LogP contribution >= 0.6 is 0 Å². The Morgan fingerprint density at radius 3 is 2.72 bits per heavy atom. The molecule has 0 atom stereocenters. The van der Waals surface area contributed by atoms with Gasteiger partial charge in [0, 0.05) is 18.2 Å². The third kappa shape index (κ3) is 1.91. The molecule has 0 spiro atoms. The average Bonchev–Trinajstić information content (AvgIpc) is 2.38. The predicted molar refractivity (Wildman–Crippen MR) is 67.2 cm³/mol. The van der Waals surface area contributed by atoms with Crippen LogP contribution < -0.4 is 5.32 Å². The van der Waals surface area contributed by atoms with Gasteiger partial charge < -0.3 is 5.32 Å². The Bertz CT molecular complexity index is 593. The summed E-state index contributed by atoms with van der Waals surface area (Å²) in [6.45, 7) is 1.69. The van der Waals surface area contributed by atoms with Gasteiger partial charge in [0.05, 0.1) is 0 Å². The first-order chi connectivity index (χ1) is 8.75. The number of hydrogen-bond acceptors (Lipinski definition) is 1. The average molecular weight is 245 g/mol. The molecule has 0 bridgehead atoms. The molecule has 3 rings (SSSR count). The van der Waals surface area contributed by atoms with Crippen molar-refractivity contribution in [1.82, 2.24) is 5.32 Å². The molecular weight excluding hydrogens is 232 g/mol. The van der Waals surface area contributed by atoms with E-state index in [2.05, 4.69) is 11.4 Å². The van der Waals surface area contributed by atoms with E-state index in [0.29, 0.717) is 5.56 Å². The number of halogens is 2. The standard InChI is InChI=1S/C15H13F2N/c16-11-4-5-13(15(17)8-11)12-3-1-2-10-6-7-18-9-14(10)12/h1-5,8,18H,6-7,9H2. The summed E-state index contributed by atoms with van der Waals surface area (Å²) in [6.07, 6.45) is 0.950. The van der Waals surface area contributed by atoms with E-state index in [0.717, 1.165) is 36.7 Å². The molecule has 92 valence electrons. The molecule has 18 heavy (non-hydrogen) atoms. The second-order valence-corrected chi connectivity index (χ2v) is 4.49. The fraction of sp³-hybridized carbons (Fsp3) is 0.200. The van der Waals surface area contributed by atoms with Crippen molar-refractivity contribution in [2.45, 2.75) is 13.0 Å². The minimum Gasteiger partial charge on any atom is -0.312 e. The van der Waals surface area contributed by atoms with Gasteiger partial charge in [-0.1, -0.05) is 18.2 Å². The molecule has 1 aliphatic heterocycles. The Kier molecular flexibility index (Phi) is 2.84. The lowest BCUT2D eigenvalue weighted by Gasteiger charge is -2.20. The van der Waals surface area contributed by atoms with Gasteiger partial charge in [-0.2, -0.15) is 0 Å². The van der Waals surface area contributed by atoms with Crippen molar-refractivity contribution in [3.8, 4) is 11.1 Å². The molecule has 1 heterocycles. The lowest BCUT2D eigenvalue weighted by molar-refractivity contribution is 0.585. The van der Waals surface area contributed by atoms with E-state index in [1.54, 1.807) is 0 Å². The van der Waals surface area contributed by atoms with Crippen LogP contribution in [-0.4, -0.2) is 6.54 Å². The van der Waals surface area contributed by atoms with Crippen LogP contribution in [0.3, 0.4) is 0 Å². The predicted octanol–water partition coefficient (Wildman–Crippen LogP) is 3.28. The van der Waals surface area contributed by atoms with Crippen molar-refractivity contribution < 1.29 is 8.78 Å². The Labute approximate surface area is 104 Å². The molecule has 0 saturated carbocycles. The number of benzene rings is 2. The topological polar surface area (TPSA) is 12.0 Å². The van der Waals surface area contributed by atoms with Crippen molar-refractivity contribution in [3.05, 3.63) is 59.2 Å². The monoisotopic (exact) mass is 245 g/mol. The van der Waals surface area contributed by atoms with Crippen molar-refractivity contribution in [2.24, 2.45) is 0 Å². The Balaban J connectivity index is 2.17. The molecule has 2 aromatic rings. The van der Waals surface area contributed by atoms with Gasteiger partial charge in [-0.3, -0.25) is 0 Å². The van der Waals surface area contributed by atoms with Crippen molar-refractivity contribution in [1.29, 1.82) is 0 Å². The number of rotatable bonds is 1. The smallest absolute Gasteiger partial charge is 0.133 e. The van der Waals surface area contributed by atoms with Gasteiger partial charge in [-0.05, 0) is 41.8 Å². The molecule has 0 fully saturated rings. The second-order valence-electron chi connectivity index (χ2n) is 4.49. The van der Waals surface area contributed by atoms with Crippen LogP contribution in [0.25, 0.3) is 11.1 Å². The first-order valence-electron chi connectivity index (χ1n) is 6.02. The highest BCUT2D eigenvalue weighted by molar-refractivity contribution is 5.69. The van der Waals surface area contributed by atoms with E-state index < -0.39 is 11.6 Å². The molecule has 2 aromatic carbocycles. The quantitative estimate of drug-likeness (QED) is 0.813. The second kappa shape index (κ2) is 4.50. The summed E-state index contributed by atoms with van der Waals surface area (Å²) in [7, 11) is 0. The van der Waals surface area contributed by atoms with E-state index in [1.165, 1.54) is 17.7 Å². The largest absolute Gasteiger partial charge is 0.312 e. The molecule has 3 heteroatoms. The number of nitrogens with one attached hydrogen (secondary N) is 1. The first-order valence-corrected chi connectivity index (χ1v) is 6.02. The van der Waals surface area contributed by atoms with Gasteiger partial charge >= 0.3 is 0 Å². The van der Waals surface area contributed by atoms with Crippen LogP contribution in [0.1, 0.15) is 11.1 Å². The van der Waals surface area contributed by atoms with E-state index in [9.17, 15) is 8.78 Å². The molecule has 0 aliphatic carbocycles. The van der Waals surface area contributed by atoms with Crippen LogP contribution in [0.4, 0.5) is 8.78 Å². The van der Waals surface area contributed by atoms with E-state index in [1.807, 2.05) is 12.1 Å². The summed E-state index contributed by atoms with van der Waals surface area (Å²) in [5.41, 5.74) is 3.69. The van der Waals surface area contributed by atoms with Gasteiger partial charge in [0.15, 0.2) is 0 Å². The normalized spacial score (nSPS) is 14.3. The lowest BCUT2D eigenvalue weighted by atomic mass is 9.92. The summed E-state index contributed by atoms with van der Waals surface area (Å²) < 4.78 is 26.8. The maximum absolute atomic E-state index is 13.8. The molecular formula is C15H13F2N. The van der Waals surface area contributed by atoms with Crippen LogP contribution in [-0.2, 0) is 13.0 Å². The van der Waals surface area contributed by atoms with E-state index in [4.69, 9.17) is 0 Å². The fourth-order valence-corrected chi connectivity index (χ4v) is 2.47. The van der Waals surface area contributed by atoms with Crippen LogP contribution in [0.5, 0.6) is 0 Å². The number of hydrogen-bond donors (Lipinski definition) is 1. The molecule has 0 radical (unpaired) electrons. The van der Waals surface area contributed by atoms with Gasteiger partial charge in [0.25, 0.3) is 0 Å². The van der Waals surface area contributed by atoms with Gasteiger partial charge in [-0.15, -0.1) is 0 Å².